The molecule has 2 aromatic heterocycles. The molecular formula is C22H28N8O8. The zero-order chi connectivity index (χ0) is 27.8. The fourth-order valence-electron chi connectivity index (χ4n) is 3.69. The minimum atomic E-state index is -0.845. The first-order chi connectivity index (χ1) is 18.1. The number of nitro benzene ring substituents is 1. The van der Waals surface area contributed by atoms with Crippen LogP contribution in [0.4, 0.5) is 23.1 Å². The molecule has 3 atom stereocenters. The molecule has 0 amide bonds. The molecule has 1 aromatic carbocycles. The summed E-state index contributed by atoms with van der Waals surface area (Å²) in [5.74, 6) is 0.119. The number of nitrogens with two attached hydrogens (primary N) is 2. The van der Waals surface area contributed by atoms with Crippen molar-refractivity contribution >= 4 is 23.1 Å². The summed E-state index contributed by atoms with van der Waals surface area (Å²) in [6.45, 7) is 0.204. The monoisotopic (exact) mass is 532 g/mol. The number of H-pyrrole nitrogens is 1. The lowest BCUT2D eigenvalue weighted by Gasteiger charge is -2.15. The van der Waals surface area contributed by atoms with Crippen molar-refractivity contribution in [2.45, 2.75) is 37.9 Å². The number of hydrogen-bond donors (Lipinski definition) is 7. The van der Waals surface area contributed by atoms with E-state index in [1.54, 1.807) is 12.1 Å². The van der Waals surface area contributed by atoms with Gasteiger partial charge in [-0.15, -0.1) is 0 Å². The second-order valence-electron chi connectivity index (χ2n) is 8.21. The predicted molar refractivity (Wildman–Crippen MR) is 135 cm³/mol. The van der Waals surface area contributed by atoms with Crippen molar-refractivity contribution in [2.75, 3.05) is 29.9 Å². The molecule has 0 spiro atoms. The van der Waals surface area contributed by atoms with E-state index < -0.39 is 24.1 Å². The predicted octanol–water partition coefficient (Wildman–Crippen LogP) is -1.13. The van der Waals surface area contributed by atoms with Crippen LogP contribution >= 0.6 is 0 Å². The normalized spacial score (nSPS) is 19.3. The third-order valence-electron chi connectivity index (χ3n) is 5.63. The lowest BCUT2D eigenvalue weighted by Crippen LogP contribution is -2.29. The molecule has 2 aliphatic rings. The van der Waals surface area contributed by atoms with Crippen LogP contribution in [0.25, 0.3) is 0 Å². The molecule has 4 heterocycles. The molecule has 3 aromatic rings. The van der Waals surface area contributed by atoms with Gasteiger partial charge in [0.05, 0.1) is 24.2 Å². The van der Waals surface area contributed by atoms with Crippen LogP contribution in [0, 0.1) is 10.1 Å². The lowest BCUT2D eigenvalue weighted by atomic mass is 10.1. The van der Waals surface area contributed by atoms with Gasteiger partial charge < -0.3 is 36.8 Å². The number of aromatic nitrogens is 4. The fourth-order valence-corrected chi connectivity index (χ4v) is 3.69. The van der Waals surface area contributed by atoms with Crippen LogP contribution in [0.2, 0.25) is 0 Å². The Morgan fingerprint density at radius 3 is 2.58 bits per heavy atom. The number of ether oxygens (including phenoxy) is 1. The molecule has 0 unspecified atom stereocenters. The Labute approximate surface area is 214 Å². The van der Waals surface area contributed by atoms with E-state index in [2.05, 4.69) is 20.3 Å². The van der Waals surface area contributed by atoms with E-state index >= 15 is 0 Å². The molecule has 0 saturated carbocycles. The SMILES string of the molecule is Nc1nc(=O)n([C@H]2C[C@H](O)[C@@H](CO)O2)cc1CO.Nc1nccc(=O)[nH]1.O=[N+]([O-])c1ccc2c(c1)CCN2. The van der Waals surface area contributed by atoms with Gasteiger partial charge >= 0.3 is 5.69 Å². The van der Waals surface area contributed by atoms with Crippen molar-refractivity contribution in [3.63, 3.8) is 0 Å². The molecule has 1 saturated heterocycles. The molecule has 1 fully saturated rings. The van der Waals surface area contributed by atoms with E-state index in [9.17, 15) is 24.8 Å². The van der Waals surface area contributed by atoms with Crippen LogP contribution < -0.4 is 28.0 Å². The van der Waals surface area contributed by atoms with Gasteiger partial charge in [0.15, 0.2) is 5.95 Å². The summed E-state index contributed by atoms with van der Waals surface area (Å²) in [5.41, 5.74) is 12.3. The minimum Gasteiger partial charge on any atom is -0.394 e. The van der Waals surface area contributed by atoms with E-state index in [1.165, 1.54) is 24.5 Å². The number of fused-ring (bicyclic) bond motifs is 1. The van der Waals surface area contributed by atoms with Crippen molar-refractivity contribution in [1.29, 1.82) is 0 Å². The first-order valence-electron chi connectivity index (χ1n) is 11.4. The quantitative estimate of drug-likeness (QED) is 0.155. The smallest absolute Gasteiger partial charge is 0.351 e. The molecule has 0 aliphatic carbocycles. The summed E-state index contributed by atoms with van der Waals surface area (Å²) in [7, 11) is 0. The highest BCUT2D eigenvalue weighted by Crippen LogP contribution is 2.28. The van der Waals surface area contributed by atoms with Crippen molar-refractivity contribution in [2.24, 2.45) is 0 Å². The topological polar surface area (TPSA) is 258 Å². The Balaban J connectivity index is 0.000000172. The van der Waals surface area contributed by atoms with Crippen molar-refractivity contribution < 1.29 is 25.0 Å². The highest BCUT2D eigenvalue weighted by atomic mass is 16.6. The zero-order valence-corrected chi connectivity index (χ0v) is 20.1. The van der Waals surface area contributed by atoms with Crippen LogP contribution in [0.3, 0.4) is 0 Å². The molecule has 2 aliphatic heterocycles. The number of rotatable bonds is 4. The van der Waals surface area contributed by atoms with Gasteiger partial charge in [-0.05, 0) is 18.1 Å². The average molecular weight is 533 g/mol. The fraction of sp³-hybridized carbons (Fsp3) is 0.364. The summed E-state index contributed by atoms with van der Waals surface area (Å²) in [5, 5.41) is 41.2. The summed E-state index contributed by atoms with van der Waals surface area (Å²) in [6.07, 6.45) is 1.47. The van der Waals surface area contributed by atoms with E-state index in [0.717, 1.165) is 28.8 Å². The summed E-state index contributed by atoms with van der Waals surface area (Å²) >= 11 is 0. The van der Waals surface area contributed by atoms with Gasteiger partial charge in [-0.1, -0.05) is 0 Å². The number of aromatic amines is 1. The van der Waals surface area contributed by atoms with Gasteiger partial charge in [0.1, 0.15) is 18.1 Å². The van der Waals surface area contributed by atoms with Crippen molar-refractivity contribution in [3.8, 4) is 0 Å². The molecule has 0 bridgehead atoms. The number of nitrogens with one attached hydrogen (secondary N) is 2. The van der Waals surface area contributed by atoms with E-state index in [-0.39, 0.29) is 47.6 Å². The molecule has 0 radical (unpaired) electrons. The molecule has 16 nitrogen and oxygen atoms in total. The van der Waals surface area contributed by atoms with Gasteiger partial charge in [-0.2, -0.15) is 4.98 Å². The summed E-state index contributed by atoms with van der Waals surface area (Å²) < 4.78 is 6.48. The van der Waals surface area contributed by atoms with E-state index in [1.807, 2.05) is 0 Å². The van der Waals surface area contributed by atoms with Gasteiger partial charge in [0.2, 0.25) is 0 Å². The maximum Gasteiger partial charge on any atom is 0.351 e. The number of aliphatic hydroxyl groups is 3. The van der Waals surface area contributed by atoms with Gasteiger partial charge in [-0.3, -0.25) is 24.5 Å². The third-order valence-corrected chi connectivity index (χ3v) is 5.63. The Bertz CT molecular complexity index is 1380. The molecule has 38 heavy (non-hydrogen) atoms. The number of nitrogens with zero attached hydrogens (tertiary/aromatic N) is 4. The first-order valence-corrected chi connectivity index (χ1v) is 11.4. The molecular weight excluding hydrogens is 504 g/mol. The lowest BCUT2D eigenvalue weighted by molar-refractivity contribution is -0.384. The second-order valence-corrected chi connectivity index (χ2v) is 8.21. The number of hydrogen-bond acceptors (Lipinski definition) is 13. The van der Waals surface area contributed by atoms with Crippen LogP contribution in [0.1, 0.15) is 23.8 Å². The highest BCUT2D eigenvalue weighted by Gasteiger charge is 2.35. The number of anilines is 3. The Morgan fingerprint density at radius 1 is 1.24 bits per heavy atom. The van der Waals surface area contributed by atoms with Crippen LogP contribution in [-0.2, 0) is 17.8 Å². The standard InChI is InChI=1S/C10H15N3O5.C8H8N2O2.C4H5N3O/c11-9-5(3-14)2-13(10(17)12-9)8-1-6(16)7(4-15)18-8;11-10(12)7-1-2-8-6(5-7)3-4-9-8;5-4-6-2-1-3(8)7-4/h2,6-8,14-16H,1,3-4H2,(H2,11,12,17);1-2,5,9H,3-4H2;1-2H,(H3,5,6,7,8)/t6-,7+,8+;;/m0../s1. The number of non-ortho nitro benzene ring substituents is 1. The Hall–Kier alpha value is -4.38. The molecule has 5 rings (SSSR count). The van der Waals surface area contributed by atoms with Crippen molar-refractivity contribution in [3.05, 3.63) is 78.7 Å². The number of nitro groups is 1. The zero-order valence-electron chi connectivity index (χ0n) is 20.1. The highest BCUT2D eigenvalue weighted by molar-refractivity contribution is 5.59. The number of benzene rings is 1. The molecule has 204 valence electrons. The average Bonchev–Trinajstić information content (AvgIpc) is 3.50. The maximum atomic E-state index is 11.7. The molecule has 16 heteroatoms. The Morgan fingerprint density at radius 2 is 2.00 bits per heavy atom. The van der Waals surface area contributed by atoms with E-state index in [0.29, 0.717) is 5.56 Å². The first kappa shape index (κ1) is 28.2. The van der Waals surface area contributed by atoms with Gasteiger partial charge in [0, 0.05) is 54.8 Å². The largest absolute Gasteiger partial charge is 0.394 e. The second kappa shape index (κ2) is 12.7. The van der Waals surface area contributed by atoms with Crippen LogP contribution in [0.15, 0.2) is 46.2 Å². The summed E-state index contributed by atoms with van der Waals surface area (Å²) in [6, 6.07) is 6.23. The van der Waals surface area contributed by atoms with Crippen molar-refractivity contribution in [1.82, 2.24) is 19.5 Å². The number of nitrogen functional groups attached to an aromatic ring is 2. The van der Waals surface area contributed by atoms with Gasteiger partial charge in [-0.25, -0.2) is 9.78 Å². The maximum absolute atomic E-state index is 11.7. The van der Waals surface area contributed by atoms with E-state index in [4.69, 9.17) is 26.4 Å². The van der Waals surface area contributed by atoms with Gasteiger partial charge in [0.25, 0.3) is 11.2 Å². The minimum absolute atomic E-state index is 0.0315. The van der Waals surface area contributed by atoms with Crippen LogP contribution in [-0.4, -0.2) is 65.1 Å². The van der Waals surface area contributed by atoms with Crippen LogP contribution in [0.5, 0.6) is 0 Å². The third kappa shape index (κ3) is 7.10. The molecule has 9 N–H and O–H groups in total. The summed E-state index contributed by atoms with van der Waals surface area (Å²) in [4.78, 5) is 41.4. The number of aliphatic hydroxyl groups excluding tert-OH is 3. The Kier molecular flexibility index (Phi) is 9.44.